The summed E-state index contributed by atoms with van der Waals surface area (Å²) in [5.74, 6) is -0.443. The van der Waals surface area contributed by atoms with E-state index >= 15 is 0 Å². The molecule has 1 aromatic carbocycles. The van der Waals surface area contributed by atoms with E-state index in [9.17, 15) is 9.18 Å². The molecule has 86 valence electrons. The van der Waals surface area contributed by atoms with E-state index in [-0.39, 0.29) is 18.0 Å². The molecule has 4 heteroatoms. The highest BCUT2D eigenvalue weighted by atomic mass is 19.1. The fourth-order valence-corrected chi connectivity index (χ4v) is 1.55. The smallest absolute Gasteiger partial charge is 0.170 e. The Hall–Kier alpha value is -2.10. The molecule has 2 rings (SSSR count). The molecular weight excluding hydrogens is 219 g/mol. The predicted molar refractivity (Wildman–Crippen MR) is 61.2 cm³/mol. The fourth-order valence-electron chi connectivity index (χ4n) is 1.55. The van der Waals surface area contributed by atoms with Crippen molar-refractivity contribution in [2.24, 2.45) is 0 Å². The van der Waals surface area contributed by atoms with Gasteiger partial charge in [-0.25, -0.2) is 14.4 Å². The summed E-state index contributed by atoms with van der Waals surface area (Å²) in [4.78, 5) is 19.4. The number of ketones is 1. The lowest BCUT2D eigenvalue weighted by Crippen LogP contribution is -2.06. The van der Waals surface area contributed by atoms with Crippen molar-refractivity contribution in [2.45, 2.75) is 13.3 Å². The molecule has 0 aliphatic heterocycles. The summed E-state index contributed by atoms with van der Waals surface area (Å²) in [6.07, 6.45) is 4.45. The summed E-state index contributed by atoms with van der Waals surface area (Å²) in [6.45, 7) is 1.85. The van der Waals surface area contributed by atoms with Gasteiger partial charge in [-0.05, 0) is 30.2 Å². The first-order chi connectivity index (χ1) is 8.16. The zero-order valence-corrected chi connectivity index (χ0v) is 9.35. The van der Waals surface area contributed by atoms with Crippen LogP contribution in [0.5, 0.6) is 0 Å². The molecule has 0 unspecified atom stereocenters. The molecule has 0 saturated heterocycles. The normalized spacial score (nSPS) is 10.2. The lowest BCUT2D eigenvalue weighted by atomic mass is 10.0. The van der Waals surface area contributed by atoms with Gasteiger partial charge in [0, 0.05) is 18.8 Å². The molecule has 0 radical (unpaired) electrons. The molecule has 0 atom stereocenters. The molecule has 0 aliphatic rings. The second-order valence-corrected chi connectivity index (χ2v) is 3.80. The molecule has 0 fully saturated rings. The van der Waals surface area contributed by atoms with Gasteiger partial charge in [0.2, 0.25) is 0 Å². The lowest BCUT2D eigenvalue weighted by molar-refractivity contribution is 0.0992. The third kappa shape index (κ3) is 2.72. The van der Waals surface area contributed by atoms with Crippen LogP contribution in [0.4, 0.5) is 4.39 Å². The minimum Gasteiger partial charge on any atom is -0.294 e. The Balaban J connectivity index is 2.22. The Labute approximate surface area is 98.3 Å². The first-order valence-electron chi connectivity index (χ1n) is 5.20. The Morgan fingerprint density at radius 2 is 2.00 bits per heavy atom. The Morgan fingerprint density at radius 3 is 2.71 bits per heavy atom. The summed E-state index contributed by atoms with van der Waals surface area (Å²) in [7, 11) is 0. The maximum absolute atomic E-state index is 13.1. The maximum atomic E-state index is 13.1. The number of Topliss-reactive ketones (excluding diaryl/α,β-unsaturated/α-hetero) is 1. The van der Waals surface area contributed by atoms with Gasteiger partial charge < -0.3 is 0 Å². The summed E-state index contributed by atoms with van der Waals surface area (Å²) in [5, 5.41) is 0. The van der Waals surface area contributed by atoms with E-state index in [1.165, 1.54) is 30.9 Å². The van der Waals surface area contributed by atoms with Gasteiger partial charge in [0.15, 0.2) is 5.78 Å². The van der Waals surface area contributed by atoms with Crippen molar-refractivity contribution in [1.82, 2.24) is 9.97 Å². The summed E-state index contributed by atoms with van der Waals surface area (Å²) >= 11 is 0. The first-order valence-corrected chi connectivity index (χ1v) is 5.20. The van der Waals surface area contributed by atoms with Crippen molar-refractivity contribution >= 4 is 5.78 Å². The van der Waals surface area contributed by atoms with Gasteiger partial charge in [0.25, 0.3) is 0 Å². The van der Waals surface area contributed by atoms with Crippen molar-refractivity contribution in [3.05, 3.63) is 59.4 Å². The van der Waals surface area contributed by atoms with Crippen molar-refractivity contribution in [3.63, 3.8) is 0 Å². The Morgan fingerprint density at radius 1 is 1.29 bits per heavy atom. The minimum absolute atomic E-state index is 0.112. The number of hydrogen-bond donors (Lipinski definition) is 0. The number of benzene rings is 1. The molecule has 17 heavy (non-hydrogen) atoms. The number of carbonyl (C=O) groups is 1. The molecule has 0 amide bonds. The fraction of sp³-hybridized carbons (Fsp3) is 0.154. The van der Waals surface area contributed by atoms with E-state index in [1.807, 2.05) is 6.92 Å². The maximum Gasteiger partial charge on any atom is 0.170 e. The van der Waals surface area contributed by atoms with Crippen molar-refractivity contribution in [3.8, 4) is 0 Å². The number of aromatic nitrogens is 2. The summed E-state index contributed by atoms with van der Waals surface area (Å²) in [5.41, 5.74) is 2.03. The van der Waals surface area contributed by atoms with Crippen LogP contribution >= 0.6 is 0 Å². The van der Waals surface area contributed by atoms with Gasteiger partial charge >= 0.3 is 0 Å². The van der Waals surface area contributed by atoms with Crippen LogP contribution in [-0.2, 0) is 6.42 Å². The molecule has 0 N–H and O–H groups in total. The molecule has 0 saturated carbocycles. The Kier molecular flexibility index (Phi) is 3.23. The number of carbonyl (C=O) groups excluding carboxylic acids is 1. The van der Waals surface area contributed by atoms with Crippen LogP contribution in [0, 0.1) is 12.7 Å². The van der Waals surface area contributed by atoms with Crippen LogP contribution < -0.4 is 0 Å². The summed E-state index contributed by atoms with van der Waals surface area (Å²) < 4.78 is 13.1. The van der Waals surface area contributed by atoms with Gasteiger partial charge in [0.05, 0.1) is 5.56 Å². The van der Waals surface area contributed by atoms with E-state index in [0.29, 0.717) is 11.1 Å². The van der Waals surface area contributed by atoms with Crippen LogP contribution in [0.25, 0.3) is 0 Å². The Bertz CT molecular complexity index is 540. The molecule has 0 aliphatic carbocycles. The van der Waals surface area contributed by atoms with Gasteiger partial charge in [-0.1, -0.05) is 6.07 Å². The number of halogens is 1. The largest absolute Gasteiger partial charge is 0.294 e. The van der Waals surface area contributed by atoms with Gasteiger partial charge in [-0.3, -0.25) is 4.79 Å². The van der Waals surface area contributed by atoms with Crippen LogP contribution in [0.15, 0.2) is 36.9 Å². The molecule has 2 aromatic rings. The second kappa shape index (κ2) is 4.82. The van der Waals surface area contributed by atoms with Crippen LogP contribution in [0.1, 0.15) is 21.5 Å². The predicted octanol–water partition coefficient (Wildman–Crippen LogP) is 2.35. The average molecular weight is 230 g/mol. The third-order valence-electron chi connectivity index (χ3n) is 2.54. The number of nitrogens with zero attached hydrogens (tertiary/aromatic N) is 2. The zero-order valence-electron chi connectivity index (χ0n) is 9.35. The molecule has 1 heterocycles. The monoisotopic (exact) mass is 230 g/mol. The van der Waals surface area contributed by atoms with Crippen molar-refractivity contribution < 1.29 is 9.18 Å². The molecule has 0 spiro atoms. The lowest BCUT2D eigenvalue weighted by Gasteiger charge is -2.04. The summed E-state index contributed by atoms with van der Waals surface area (Å²) in [6, 6.07) is 4.44. The standard InChI is InChI=1S/C13H11FN2O/c1-9-2-3-12(14)4-10(9)5-13(17)11-6-15-8-16-7-11/h2-4,6-8H,5H2,1H3. The molecule has 0 bridgehead atoms. The zero-order chi connectivity index (χ0) is 12.3. The number of hydrogen-bond acceptors (Lipinski definition) is 3. The van der Waals surface area contributed by atoms with Crippen molar-refractivity contribution in [2.75, 3.05) is 0 Å². The van der Waals surface area contributed by atoms with E-state index < -0.39 is 0 Å². The average Bonchev–Trinajstić information content (AvgIpc) is 2.35. The molecular formula is C13H11FN2O. The van der Waals surface area contributed by atoms with Crippen LogP contribution in [0.2, 0.25) is 0 Å². The van der Waals surface area contributed by atoms with Crippen molar-refractivity contribution in [1.29, 1.82) is 0 Å². The van der Waals surface area contributed by atoms with Gasteiger partial charge in [0.1, 0.15) is 12.1 Å². The topological polar surface area (TPSA) is 42.9 Å². The van der Waals surface area contributed by atoms with Crippen LogP contribution in [0.3, 0.4) is 0 Å². The van der Waals surface area contributed by atoms with Crippen LogP contribution in [-0.4, -0.2) is 15.8 Å². The van der Waals surface area contributed by atoms with E-state index in [0.717, 1.165) is 5.56 Å². The number of rotatable bonds is 3. The quantitative estimate of drug-likeness (QED) is 0.760. The van der Waals surface area contributed by atoms with Gasteiger partial charge in [-0.15, -0.1) is 0 Å². The highest BCUT2D eigenvalue weighted by Gasteiger charge is 2.09. The van der Waals surface area contributed by atoms with Gasteiger partial charge in [-0.2, -0.15) is 0 Å². The minimum atomic E-state index is -0.331. The van der Waals surface area contributed by atoms with E-state index in [2.05, 4.69) is 9.97 Å². The first kappa shape index (κ1) is 11.4. The van der Waals surface area contributed by atoms with E-state index in [4.69, 9.17) is 0 Å². The molecule has 1 aromatic heterocycles. The number of aryl methyl sites for hydroxylation is 1. The van der Waals surface area contributed by atoms with E-state index in [1.54, 1.807) is 6.07 Å². The molecule has 3 nitrogen and oxygen atoms in total. The highest BCUT2D eigenvalue weighted by Crippen LogP contribution is 2.13. The second-order valence-electron chi connectivity index (χ2n) is 3.80. The SMILES string of the molecule is Cc1ccc(F)cc1CC(=O)c1cncnc1. The third-order valence-corrected chi connectivity index (χ3v) is 2.54. The highest BCUT2D eigenvalue weighted by molar-refractivity contribution is 5.97.